The third-order valence-electron chi connectivity index (χ3n) is 17.8. The lowest BCUT2D eigenvalue weighted by atomic mass is 9.97. The van der Waals surface area contributed by atoms with E-state index in [9.17, 15) is 103 Å². The molecule has 0 spiro atoms. The van der Waals surface area contributed by atoms with Crippen LogP contribution in [0.15, 0.2) is 60.7 Å². The van der Waals surface area contributed by atoms with Crippen molar-refractivity contribution in [2.45, 2.75) is 181 Å². The summed E-state index contributed by atoms with van der Waals surface area (Å²) in [5, 5.41) is 96.3. The molecule has 2 aromatic carbocycles. The molecule has 121 heavy (non-hydrogen) atoms. The van der Waals surface area contributed by atoms with Crippen LogP contribution in [0.2, 0.25) is 0 Å². The molecule has 42 nitrogen and oxygen atoms in total. The van der Waals surface area contributed by atoms with E-state index < -0.39 is 144 Å². The largest absolute Gasteiger partial charge is 0.460 e. The molecular weight excluding hydrogens is 1620 g/mol. The van der Waals surface area contributed by atoms with E-state index in [-0.39, 0.29) is 182 Å². The molecule has 6 rings (SSSR count). The molecule has 0 saturated carbocycles. The Bertz CT molecular complexity index is 3790. The molecule has 4 heterocycles. The second-order valence-corrected chi connectivity index (χ2v) is 29.9. The smallest absolute Gasteiger partial charge is 0.335 e. The average molecular weight is 1740 g/mol. The van der Waals surface area contributed by atoms with Crippen LogP contribution in [-0.4, -0.2) is 316 Å². The molecule has 4 aliphatic rings. The van der Waals surface area contributed by atoms with E-state index in [1.807, 2.05) is 0 Å². The van der Waals surface area contributed by atoms with Gasteiger partial charge in [0.25, 0.3) is 23.6 Å². The minimum Gasteiger partial charge on any atom is -0.460 e. The molecule has 43 heteroatoms. The van der Waals surface area contributed by atoms with Crippen molar-refractivity contribution >= 4 is 99.7 Å². The van der Waals surface area contributed by atoms with Gasteiger partial charge in [-0.2, -0.15) is 8.42 Å². The van der Waals surface area contributed by atoms with E-state index in [0.29, 0.717) is 63.4 Å². The molecule has 4 aliphatic heterocycles. The number of Topliss-reactive ketones (excluding diaryl/α,β-unsaturated/α-hetero) is 1. The van der Waals surface area contributed by atoms with Crippen molar-refractivity contribution in [3.05, 3.63) is 71.8 Å². The summed E-state index contributed by atoms with van der Waals surface area (Å²) < 4.78 is 76.7. The van der Waals surface area contributed by atoms with E-state index in [0.717, 1.165) is 9.80 Å². The molecule has 0 radical (unpaired) electrons. The molecule has 0 bridgehead atoms. The second-order valence-electron chi connectivity index (χ2n) is 29.7. The van der Waals surface area contributed by atoms with Crippen molar-refractivity contribution in [3.8, 4) is 11.5 Å². The number of carbonyl (C=O) groups is 13. The van der Waals surface area contributed by atoms with Gasteiger partial charge in [0.1, 0.15) is 85.9 Å². The first-order chi connectivity index (χ1) is 57.4. The molecule has 0 aromatic heterocycles. The van der Waals surface area contributed by atoms with E-state index in [1.165, 1.54) is 54.6 Å². The summed E-state index contributed by atoms with van der Waals surface area (Å²) in [7, 11) is 0. The maximum absolute atomic E-state index is 13.0. The van der Waals surface area contributed by atoms with Crippen molar-refractivity contribution < 1.29 is 164 Å². The highest BCUT2D eigenvalue weighted by molar-refractivity contribution is 7.51. The number of imide groups is 2. The number of nitrogens with one attached hydrogen (secondary N) is 6. The minimum absolute atomic E-state index is 0.00523. The van der Waals surface area contributed by atoms with Crippen LogP contribution >= 0.6 is 0 Å². The lowest BCUT2D eigenvalue weighted by molar-refractivity contribution is -0.277. The van der Waals surface area contributed by atoms with Gasteiger partial charge in [0.05, 0.1) is 94.9 Å². The number of unbranched alkanes of at least 4 members (excludes halogenated alkanes) is 2. The zero-order valence-corrected chi connectivity index (χ0v) is 69.4. The Balaban J connectivity index is 0.000000537. The van der Waals surface area contributed by atoms with E-state index >= 15 is 0 Å². The van der Waals surface area contributed by atoms with E-state index in [4.69, 9.17) is 60.5 Å². The average Bonchev–Trinajstić information content (AvgIpc) is 1.12. The molecule has 2 fully saturated rings. The second kappa shape index (κ2) is 54.8. The highest BCUT2D eigenvalue weighted by Crippen LogP contribution is 2.34. The van der Waals surface area contributed by atoms with Crippen LogP contribution in [-0.2, 0) is 130 Å². The van der Waals surface area contributed by atoms with Crippen LogP contribution in [0.3, 0.4) is 0 Å². The fourth-order valence-corrected chi connectivity index (χ4v) is 10.9. The fraction of sp³-hybridized carbons (Fsp3) is 0.628. The zero-order chi connectivity index (χ0) is 89.8. The molecule has 10 amide bonds. The molecule has 0 aliphatic carbocycles. The molecular formula is C78H114N8O34S. The summed E-state index contributed by atoms with van der Waals surface area (Å²) >= 11 is -0.750. The number of hydrogen-bond donors (Lipinski definition) is 14. The number of carbonyl (C=O) groups excluding carboxylic acids is 13. The minimum atomic E-state index is -1.73. The first-order valence-electron chi connectivity index (χ1n) is 39.0. The quantitative estimate of drug-likeness (QED) is 0.0181. The summed E-state index contributed by atoms with van der Waals surface area (Å²) in [6.45, 7) is 12.7. The Labute approximate surface area is 701 Å². The summed E-state index contributed by atoms with van der Waals surface area (Å²) in [4.78, 5) is 160. The van der Waals surface area contributed by atoms with Gasteiger partial charge in [-0.05, 0) is 89.8 Å². The fourth-order valence-electron chi connectivity index (χ4n) is 10.9. The number of ether oxygens (including phenoxy) is 11. The number of nitrogens with zero attached hydrogens (tertiary/aromatic N) is 2. The number of rotatable bonds is 50. The summed E-state index contributed by atoms with van der Waals surface area (Å²) in [5.74, 6) is -5.78. The summed E-state index contributed by atoms with van der Waals surface area (Å²) in [5.41, 5.74) is -0.372. The van der Waals surface area contributed by atoms with Gasteiger partial charge >= 0.3 is 23.5 Å². The Morgan fingerprint density at radius 2 is 0.851 bits per heavy atom. The Morgan fingerprint density at radius 3 is 1.30 bits per heavy atom. The van der Waals surface area contributed by atoms with Crippen LogP contribution in [0.5, 0.6) is 11.5 Å². The van der Waals surface area contributed by atoms with Gasteiger partial charge in [-0.1, -0.05) is 25.5 Å². The predicted octanol–water partition coefficient (Wildman–Crippen LogP) is -2.77. The Kier molecular flexibility index (Phi) is 47.0. The van der Waals surface area contributed by atoms with Crippen molar-refractivity contribution in [1.29, 1.82) is 0 Å². The van der Waals surface area contributed by atoms with Gasteiger partial charge in [0.2, 0.25) is 48.0 Å². The van der Waals surface area contributed by atoms with Crippen molar-refractivity contribution in [3.63, 3.8) is 0 Å². The van der Waals surface area contributed by atoms with E-state index in [2.05, 4.69) is 31.9 Å². The molecule has 14 N–H and O–H groups in total. The molecule has 676 valence electrons. The van der Waals surface area contributed by atoms with Crippen molar-refractivity contribution in [1.82, 2.24) is 31.1 Å². The number of amides is 10. The first kappa shape index (κ1) is 104. The lowest BCUT2D eigenvalue weighted by Crippen LogP contribution is -2.60. The maximum Gasteiger partial charge on any atom is 0.335 e. The van der Waals surface area contributed by atoms with Crippen LogP contribution in [0, 0.1) is 16.7 Å². The van der Waals surface area contributed by atoms with Crippen LogP contribution in [0.1, 0.15) is 117 Å². The van der Waals surface area contributed by atoms with Gasteiger partial charge in [0.15, 0.2) is 0 Å². The van der Waals surface area contributed by atoms with Crippen molar-refractivity contribution in [2.75, 3.05) is 129 Å². The third kappa shape index (κ3) is 38.6. The molecule has 0 unspecified atom stereocenters. The third-order valence-corrected chi connectivity index (χ3v) is 17.8. The van der Waals surface area contributed by atoms with Gasteiger partial charge in [0, 0.05) is 108 Å². The number of ketones is 1. The predicted molar refractivity (Wildman–Crippen MR) is 420 cm³/mol. The van der Waals surface area contributed by atoms with Gasteiger partial charge < -0.3 is 125 Å². The molecule has 2 aromatic rings. The first-order valence-corrected chi connectivity index (χ1v) is 39.7. The topological polar surface area (TPSA) is 598 Å². The van der Waals surface area contributed by atoms with Gasteiger partial charge in [-0.25, -0.2) is 0 Å². The number of esters is 2. The number of aliphatic hydroxyl groups excluding tert-OH is 8. The van der Waals surface area contributed by atoms with Crippen LogP contribution in [0.4, 0.5) is 11.4 Å². The van der Waals surface area contributed by atoms with Gasteiger partial charge in [-0.15, -0.1) is 0 Å². The van der Waals surface area contributed by atoms with Crippen LogP contribution in [0.25, 0.3) is 0 Å². The van der Waals surface area contributed by atoms with E-state index in [1.54, 1.807) is 54.5 Å². The maximum atomic E-state index is 13.0. The summed E-state index contributed by atoms with van der Waals surface area (Å²) in [6.07, 6.45) is -9.01. The van der Waals surface area contributed by atoms with Gasteiger partial charge in [-0.3, -0.25) is 72.1 Å². The number of anilines is 2. The monoisotopic (exact) mass is 1740 g/mol. The normalized spacial score (nSPS) is 20.2. The molecule has 2 saturated heterocycles. The standard InChI is InChI=1S/C47H71N5O20.C31H43N3O12.O2S/c1-30(25-32(54)11-16-65-19-21-67-23-24-68-22-20-66-17-13-49-36(55)10-15-52-39(58)7-8-40(52)59)44(63)50-14-18-69-29-38(57)48-12-9-37(56)51-33-26-31(28-70-46(64)47(2,3)4)5-6-34(33)71-45-43(62)42(61)41(60)35(27-53)72-45;1-31(2,3)30(43)44-17-18-8-9-20(45-29-28(42)27(41)26(40)21(16-35)46-29)19(15-18)33-23(37)12-13-32-22(36)7-5-4-6-14-34-24(38)10-11-25(34)39;1-3-2/h5-8,26,30,35,41-43,45,53,60-62H,9-25,27-29H2,1-4H3,(H,48,57)(H,49,55)(H,50,63)(H,51,56);8-11,15,21,26-29,35,40-42H,4-7,12-14,16-17H2,1-3H3,(H,32,36)(H,33,37);/t30-,35+,41-,42-,43+,45+;21-,26+,27+,28-,29-;/m01./s1. The highest BCUT2D eigenvalue weighted by atomic mass is 32.1. The molecule has 11 atom stereocenters. The Morgan fingerprint density at radius 1 is 0.455 bits per heavy atom. The Hall–Kier alpha value is -9.55. The van der Waals surface area contributed by atoms with Crippen molar-refractivity contribution in [2.24, 2.45) is 16.7 Å². The number of aliphatic hydroxyl groups is 8. The SMILES string of the molecule is CC(C)(C)C(=O)OCc1ccc(O[C@@H]2O[C@H](CO)[C@H](O)[C@H](O)[C@H]2O)c(NC(=O)CCNC(=O)CCCCCN2C(=O)C=CC2=O)c1.C[C@@H](CC(=O)CCOCCOCCOCCOCCNC(=O)CCN1C(=O)C=CC1=O)C(=O)NCCOCC(=O)NCCC(=O)Nc1cc(COC(=O)C(C)(C)C)ccc1O[C@@H]1O[C@H](CO)[C@H](O)[C@H](O)[C@H]1O.O=S=O. The summed E-state index contributed by atoms with van der Waals surface area (Å²) in [6, 6.07) is 8.89. The number of hydrogen-bond acceptors (Lipinski definition) is 34. The lowest BCUT2D eigenvalue weighted by Gasteiger charge is -2.39. The number of benzene rings is 2. The van der Waals surface area contributed by atoms with Crippen LogP contribution < -0.4 is 41.4 Å². The zero-order valence-electron chi connectivity index (χ0n) is 68.6. The highest BCUT2D eigenvalue weighted by Gasteiger charge is 2.47.